The first-order valence-corrected chi connectivity index (χ1v) is 6.88. The molecule has 88 valence electrons. The number of halogens is 1. The number of nitrogens with one attached hydrogen (secondary N) is 1. The number of nitrogens with zero attached hydrogens (tertiary/aromatic N) is 2. The highest BCUT2D eigenvalue weighted by atomic mass is 35.5. The second-order valence-electron chi connectivity index (χ2n) is 3.75. The fraction of sp³-hybridized carbons (Fsp3) is 0.545. The molecular weight excluding hydrogens is 242 g/mol. The zero-order valence-electron chi connectivity index (χ0n) is 9.16. The minimum Gasteiger partial charge on any atom is -0.314 e. The van der Waals surface area contributed by atoms with Crippen LogP contribution in [0.3, 0.4) is 0 Å². The first-order chi connectivity index (χ1) is 7.84. The van der Waals surface area contributed by atoms with Crippen LogP contribution in [0, 0.1) is 0 Å². The Labute approximate surface area is 106 Å². The number of piperazine rings is 1. The molecule has 0 saturated carbocycles. The Morgan fingerprint density at radius 1 is 1.38 bits per heavy atom. The van der Waals surface area contributed by atoms with Gasteiger partial charge in [0, 0.05) is 44.7 Å². The van der Waals surface area contributed by atoms with Gasteiger partial charge in [0.25, 0.3) is 0 Å². The first kappa shape index (κ1) is 12.2. The molecular formula is C11H16ClN3S. The summed E-state index contributed by atoms with van der Waals surface area (Å²) in [6.07, 6.45) is 1.70. The lowest BCUT2D eigenvalue weighted by Gasteiger charge is -2.26. The maximum Gasteiger partial charge on any atom is 0.0961 e. The average Bonchev–Trinajstić information content (AvgIpc) is 2.33. The van der Waals surface area contributed by atoms with E-state index in [9.17, 15) is 0 Å². The monoisotopic (exact) mass is 257 g/mol. The number of thioether (sulfide) groups is 1. The molecule has 0 aliphatic carbocycles. The number of hydrogen-bond acceptors (Lipinski definition) is 4. The van der Waals surface area contributed by atoms with Crippen LogP contribution in [-0.4, -0.2) is 48.4 Å². The van der Waals surface area contributed by atoms with Gasteiger partial charge in [0.1, 0.15) is 0 Å². The van der Waals surface area contributed by atoms with Crippen LogP contribution in [0.1, 0.15) is 0 Å². The molecule has 1 aromatic rings. The van der Waals surface area contributed by atoms with Crippen LogP contribution in [0.25, 0.3) is 0 Å². The highest BCUT2D eigenvalue weighted by molar-refractivity contribution is 7.99. The summed E-state index contributed by atoms with van der Waals surface area (Å²) in [5, 5.41) is 5.11. The van der Waals surface area contributed by atoms with Crippen molar-refractivity contribution >= 4 is 23.4 Å². The minimum absolute atomic E-state index is 0.700. The second-order valence-corrected chi connectivity index (χ2v) is 5.31. The van der Waals surface area contributed by atoms with Crippen LogP contribution < -0.4 is 5.32 Å². The highest BCUT2D eigenvalue weighted by Gasteiger charge is 2.08. The Bertz CT molecular complexity index is 312. The van der Waals surface area contributed by atoms with Crippen LogP contribution in [0.2, 0.25) is 5.02 Å². The average molecular weight is 258 g/mol. The molecule has 0 bridgehead atoms. The van der Waals surface area contributed by atoms with Gasteiger partial charge in [0.2, 0.25) is 0 Å². The summed E-state index contributed by atoms with van der Waals surface area (Å²) < 4.78 is 0. The minimum atomic E-state index is 0.700. The van der Waals surface area contributed by atoms with Gasteiger partial charge in [0.05, 0.1) is 10.0 Å². The third-order valence-electron chi connectivity index (χ3n) is 2.57. The predicted molar refractivity (Wildman–Crippen MR) is 69.3 cm³/mol. The molecule has 1 aromatic heterocycles. The van der Waals surface area contributed by atoms with E-state index in [2.05, 4.69) is 15.2 Å². The molecule has 0 aromatic carbocycles. The van der Waals surface area contributed by atoms with Crippen LogP contribution in [0.15, 0.2) is 23.4 Å². The van der Waals surface area contributed by atoms with Gasteiger partial charge in [-0.25, -0.2) is 4.98 Å². The third-order valence-corrected chi connectivity index (χ3v) is 3.71. The molecule has 5 heteroatoms. The molecule has 1 saturated heterocycles. The van der Waals surface area contributed by atoms with Crippen molar-refractivity contribution in [3.8, 4) is 0 Å². The van der Waals surface area contributed by atoms with Gasteiger partial charge in [-0.15, -0.1) is 11.8 Å². The summed E-state index contributed by atoms with van der Waals surface area (Å²) in [6, 6.07) is 3.87. The van der Waals surface area contributed by atoms with E-state index < -0.39 is 0 Å². The van der Waals surface area contributed by atoms with E-state index in [-0.39, 0.29) is 0 Å². The molecule has 0 amide bonds. The smallest absolute Gasteiger partial charge is 0.0961 e. The van der Waals surface area contributed by atoms with Crippen molar-refractivity contribution in [2.75, 3.05) is 38.5 Å². The Morgan fingerprint density at radius 2 is 2.19 bits per heavy atom. The standard InChI is InChI=1S/C11H16ClN3S/c12-10-1-2-11(14-9-10)16-8-7-15-5-3-13-4-6-15/h1-2,9,13H,3-8H2. The van der Waals surface area contributed by atoms with Crippen molar-refractivity contribution in [3.63, 3.8) is 0 Å². The third kappa shape index (κ3) is 3.94. The zero-order valence-corrected chi connectivity index (χ0v) is 10.7. The highest BCUT2D eigenvalue weighted by Crippen LogP contribution is 2.17. The summed E-state index contributed by atoms with van der Waals surface area (Å²) in [7, 11) is 0. The molecule has 0 atom stereocenters. The molecule has 1 fully saturated rings. The Morgan fingerprint density at radius 3 is 2.88 bits per heavy atom. The normalized spacial score (nSPS) is 17.6. The Hall–Kier alpha value is -0.290. The quantitative estimate of drug-likeness (QED) is 0.832. The second kappa shape index (κ2) is 6.45. The summed E-state index contributed by atoms with van der Waals surface area (Å²) in [5.74, 6) is 1.09. The molecule has 0 unspecified atom stereocenters. The molecule has 0 radical (unpaired) electrons. The van der Waals surface area contributed by atoms with Gasteiger partial charge in [-0.05, 0) is 12.1 Å². The lowest BCUT2D eigenvalue weighted by Crippen LogP contribution is -2.44. The van der Waals surface area contributed by atoms with Gasteiger partial charge in [0.15, 0.2) is 0 Å². The lowest BCUT2D eigenvalue weighted by molar-refractivity contribution is 0.255. The maximum atomic E-state index is 5.78. The molecule has 1 aliphatic rings. The van der Waals surface area contributed by atoms with Crippen LogP contribution in [-0.2, 0) is 0 Å². The van der Waals surface area contributed by atoms with Gasteiger partial charge in [-0.2, -0.15) is 0 Å². The number of aromatic nitrogens is 1. The molecule has 2 rings (SSSR count). The van der Waals surface area contributed by atoms with Crippen molar-refractivity contribution in [2.24, 2.45) is 0 Å². The predicted octanol–water partition coefficient (Wildman–Crippen LogP) is 1.73. The summed E-state index contributed by atoms with van der Waals surface area (Å²) >= 11 is 7.57. The van der Waals surface area contributed by atoms with Gasteiger partial charge < -0.3 is 5.32 Å². The van der Waals surface area contributed by atoms with Crippen LogP contribution in [0.4, 0.5) is 0 Å². The van der Waals surface area contributed by atoms with Crippen molar-refractivity contribution in [1.29, 1.82) is 0 Å². The van der Waals surface area contributed by atoms with Crippen molar-refractivity contribution in [2.45, 2.75) is 5.03 Å². The number of rotatable bonds is 4. The largest absolute Gasteiger partial charge is 0.314 e. The summed E-state index contributed by atoms with van der Waals surface area (Å²) in [6.45, 7) is 5.69. The van der Waals surface area contributed by atoms with E-state index in [1.807, 2.05) is 12.1 Å². The van der Waals surface area contributed by atoms with Crippen LogP contribution >= 0.6 is 23.4 Å². The van der Waals surface area contributed by atoms with Crippen LogP contribution in [0.5, 0.6) is 0 Å². The topological polar surface area (TPSA) is 28.2 Å². The molecule has 0 spiro atoms. The Kier molecular flexibility index (Phi) is 4.91. The van der Waals surface area contributed by atoms with E-state index in [4.69, 9.17) is 11.6 Å². The fourth-order valence-electron chi connectivity index (χ4n) is 1.66. The number of pyridine rings is 1. The Balaban J connectivity index is 1.69. The fourth-order valence-corrected chi connectivity index (χ4v) is 2.62. The molecule has 1 aliphatic heterocycles. The molecule has 3 nitrogen and oxygen atoms in total. The van der Waals surface area contributed by atoms with E-state index in [0.717, 1.165) is 43.5 Å². The van der Waals surface area contributed by atoms with Crippen molar-refractivity contribution in [3.05, 3.63) is 23.4 Å². The van der Waals surface area contributed by atoms with Gasteiger partial charge in [-0.1, -0.05) is 11.6 Å². The van der Waals surface area contributed by atoms with Gasteiger partial charge >= 0.3 is 0 Å². The van der Waals surface area contributed by atoms with E-state index in [1.54, 1.807) is 18.0 Å². The maximum absolute atomic E-state index is 5.78. The van der Waals surface area contributed by atoms with Crippen molar-refractivity contribution in [1.82, 2.24) is 15.2 Å². The van der Waals surface area contributed by atoms with Crippen molar-refractivity contribution < 1.29 is 0 Å². The number of hydrogen-bond donors (Lipinski definition) is 1. The molecule has 2 heterocycles. The van der Waals surface area contributed by atoms with E-state index in [1.165, 1.54) is 0 Å². The first-order valence-electron chi connectivity index (χ1n) is 5.52. The van der Waals surface area contributed by atoms with Gasteiger partial charge in [-0.3, -0.25) is 4.90 Å². The van der Waals surface area contributed by atoms with E-state index >= 15 is 0 Å². The SMILES string of the molecule is Clc1ccc(SCCN2CCNCC2)nc1. The summed E-state index contributed by atoms with van der Waals surface area (Å²) in [4.78, 5) is 6.75. The lowest BCUT2D eigenvalue weighted by atomic mass is 10.4. The molecule has 16 heavy (non-hydrogen) atoms. The van der Waals surface area contributed by atoms with E-state index in [0.29, 0.717) is 5.02 Å². The summed E-state index contributed by atoms with van der Waals surface area (Å²) in [5.41, 5.74) is 0. The molecule has 1 N–H and O–H groups in total. The zero-order chi connectivity index (χ0) is 11.2.